The molecule has 7 heteroatoms. The quantitative estimate of drug-likeness (QED) is 0.507. The Kier molecular flexibility index (Phi) is 7.56. The van der Waals surface area contributed by atoms with Gasteiger partial charge in [-0.2, -0.15) is 0 Å². The molecule has 0 heterocycles. The zero-order valence-corrected chi connectivity index (χ0v) is 16.4. The van der Waals surface area contributed by atoms with E-state index in [0.29, 0.717) is 17.9 Å². The van der Waals surface area contributed by atoms with Crippen molar-refractivity contribution in [2.75, 3.05) is 36.2 Å². The number of hydrogen-bond donors (Lipinski definition) is 3. The van der Waals surface area contributed by atoms with Gasteiger partial charge in [0.15, 0.2) is 0 Å². The van der Waals surface area contributed by atoms with Gasteiger partial charge in [-0.25, -0.2) is 0 Å². The molecule has 0 unspecified atom stereocenters. The third-order valence-electron chi connectivity index (χ3n) is 4.03. The second kappa shape index (κ2) is 10.1. The highest BCUT2D eigenvalue weighted by Gasteiger charge is 2.13. The Bertz CT molecular complexity index is 832. The summed E-state index contributed by atoms with van der Waals surface area (Å²) in [5, 5.41) is 7.77. The first-order valence-electron chi connectivity index (χ1n) is 9.08. The van der Waals surface area contributed by atoms with E-state index >= 15 is 0 Å². The van der Waals surface area contributed by atoms with Crippen LogP contribution in [0.15, 0.2) is 48.5 Å². The van der Waals surface area contributed by atoms with Gasteiger partial charge in [0.05, 0.1) is 0 Å². The number of amides is 3. The van der Waals surface area contributed by atoms with E-state index in [1.165, 1.54) is 12.5 Å². The van der Waals surface area contributed by atoms with Gasteiger partial charge < -0.3 is 20.9 Å². The number of aryl methyl sites for hydroxylation is 1. The highest BCUT2D eigenvalue weighted by atomic mass is 16.2. The molecule has 0 bridgehead atoms. The second-order valence-corrected chi connectivity index (χ2v) is 6.64. The van der Waals surface area contributed by atoms with Crippen LogP contribution in [0.5, 0.6) is 0 Å². The molecule has 3 amide bonds. The molecule has 0 spiro atoms. The van der Waals surface area contributed by atoms with E-state index in [0.717, 1.165) is 18.5 Å². The average Bonchev–Trinajstić information content (AvgIpc) is 2.65. The predicted molar refractivity (Wildman–Crippen MR) is 111 cm³/mol. The van der Waals surface area contributed by atoms with Crippen molar-refractivity contribution in [3.8, 4) is 0 Å². The van der Waals surface area contributed by atoms with Gasteiger partial charge in [-0.15, -0.1) is 0 Å². The van der Waals surface area contributed by atoms with Crippen molar-refractivity contribution in [3.05, 3.63) is 54.1 Å². The van der Waals surface area contributed by atoms with Crippen LogP contribution in [0.4, 0.5) is 17.1 Å². The van der Waals surface area contributed by atoms with E-state index in [4.69, 9.17) is 0 Å². The van der Waals surface area contributed by atoms with E-state index in [1.54, 1.807) is 24.3 Å². The van der Waals surface area contributed by atoms with Crippen LogP contribution in [-0.4, -0.2) is 38.4 Å². The van der Waals surface area contributed by atoms with Crippen molar-refractivity contribution in [1.82, 2.24) is 5.32 Å². The maximum Gasteiger partial charge on any atom is 0.313 e. The molecule has 28 heavy (non-hydrogen) atoms. The third-order valence-corrected chi connectivity index (χ3v) is 4.03. The number of rotatable bonds is 7. The number of benzene rings is 2. The lowest BCUT2D eigenvalue weighted by atomic mass is 10.1. The fourth-order valence-corrected chi connectivity index (χ4v) is 2.60. The summed E-state index contributed by atoms with van der Waals surface area (Å²) >= 11 is 0. The Morgan fingerprint density at radius 2 is 1.54 bits per heavy atom. The zero-order valence-electron chi connectivity index (χ0n) is 16.4. The lowest BCUT2D eigenvalue weighted by Gasteiger charge is -2.12. The Morgan fingerprint density at radius 3 is 2.14 bits per heavy atom. The third kappa shape index (κ3) is 6.75. The normalized spacial score (nSPS) is 10.1. The second-order valence-electron chi connectivity index (χ2n) is 6.64. The van der Waals surface area contributed by atoms with E-state index in [1.807, 2.05) is 19.0 Å². The first-order valence-corrected chi connectivity index (χ1v) is 9.08. The fraction of sp³-hybridized carbons (Fsp3) is 0.286. The lowest BCUT2D eigenvalue weighted by molar-refractivity contribution is -0.136. The standard InChI is InChI=1S/C21H26N4O3/c1-15(26)23-17-7-4-8-18(14-17)24-21(28)20(27)22-13-5-6-16-9-11-19(12-10-16)25(2)3/h4,7-12,14H,5-6,13H2,1-3H3,(H,22,27)(H,23,26)(H,24,28). The van der Waals surface area contributed by atoms with Gasteiger partial charge in [0, 0.05) is 44.6 Å². The van der Waals surface area contributed by atoms with Crippen molar-refractivity contribution in [2.24, 2.45) is 0 Å². The first kappa shape index (κ1) is 21.0. The van der Waals surface area contributed by atoms with Crippen molar-refractivity contribution in [1.29, 1.82) is 0 Å². The van der Waals surface area contributed by atoms with Gasteiger partial charge in [0.1, 0.15) is 0 Å². The van der Waals surface area contributed by atoms with Crippen molar-refractivity contribution < 1.29 is 14.4 Å². The minimum atomic E-state index is -0.740. The number of carbonyl (C=O) groups excluding carboxylic acids is 3. The summed E-state index contributed by atoms with van der Waals surface area (Å²) in [5.74, 6) is -1.64. The van der Waals surface area contributed by atoms with Crippen molar-refractivity contribution >= 4 is 34.8 Å². The maximum absolute atomic E-state index is 12.0. The number of carbonyl (C=O) groups is 3. The van der Waals surface area contributed by atoms with Gasteiger partial charge in [0.25, 0.3) is 0 Å². The summed E-state index contributed by atoms with van der Waals surface area (Å²) < 4.78 is 0. The average molecular weight is 382 g/mol. The minimum absolute atomic E-state index is 0.211. The summed E-state index contributed by atoms with van der Waals surface area (Å²) in [6, 6.07) is 14.8. The molecule has 0 aliphatic carbocycles. The Balaban J connectivity index is 1.75. The van der Waals surface area contributed by atoms with Crippen LogP contribution >= 0.6 is 0 Å². The zero-order chi connectivity index (χ0) is 20.5. The Labute approximate surface area is 165 Å². The smallest absolute Gasteiger partial charge is 0.313 e. The summed E-state index contributed by atoms with van der Waals surface area (Å²) in [5.41, 5.74) is 3.30. The van der Waals surface area contributed by atoms with Gasteiger partial charge in [0.2, 0.25) is 5.91 Å². The highest BCUT2D eigenvalue weighted by molar-refractivity contribution is 6.39. The fourth-order valence-electron chi connectivity index (χ4n) is 2.60. The molecule has 2 aromatic carbocycles. The predicted octanol–water partition coefficient (Wildman–Crippen LogP) is 2.40. The monoisotopic (exact) mass is 382 g/mol. The van der Waals surface area contributed by atoms with Gasteiger partial charge in [-0.3, -0.25) is 14.4 Å². The molecule has 2 rings (SSSR count). The van der Waals surface area contributed by atoms with E-state index in [-0.39, 0.29) is 5.91 Å². The molecule has 0 atom stereocenters. The molecule has 148 valence electrons. The van der Waals surface area contributed by atoms with Gasteiger partial charge in [-0.05, 0) is 48.7 Å². The van der Waals surface area contributed by atoms with Crippen LogP contribution in [0.3, 0.4) is 0 Å². The molecule has 0 fully saturated rings. The van der Waals surface area contributed by atoms with E-state index in [2.05, 4.69) is 40.2 Å². The summed E-state index contributed by atoms with van der Waals surface area (Å²) in [6.07, 6.45) is 1.55. The Hall–Kier alpha value is -3.35. The summed E-state index contributed by atoms with van der Waals surface area (Å²) in [4.78, 5) is 37.1. The molecule has 0 aliphatic rings. The number of hydrogen-bond acceptors (Lipinski definition) is 4. The van der Waals surface area contributed by atoms with Crippen molar-refractivity contribution in [3.63, 3.8) is 0 Å². The van der Waals surface area contributed by atoms with E-state index < -0.39 is 11.8 Å². The molecule has 0 saturated carbocycles. The molecular formula is C21H26N4O3. The van der Waals surface area contributed by atoms with Gasteiger partial charge >= 0.3 is 11.8 Å². The molecular weight excluding hydrogens is 356 g/mol. The number of nitrogens with one attached hydrogen (secondary N) is 3. The summed E-state index contributed by atoms with van der Waals surface area (Å²) in [6.45, 7) is 1.81. The SMILES string of the molecule is CC(=O)Nc1cccc(NC(=O)C(=O)NCCCc2ccc(N(C)C)cc2)c1. The van der Waals surface area contributed by atoms with Crippen LogP contribution in [0.1, 0.15) is 18.9 Å². The topological polar surface area (TPSA) is 90.5 Å². The van der Waals surface area contributed by atoms with Crippen LogP contribution in [0, 0.1) is 0 Å². The molecule has 0 aromatic heterocycles. The molecule has 3 N–H and O–H groups in total. The van der Waals surface area contributed by atoms with E-state index in [9.17, 15) is 14.4 Å². The van der Waals surface area contributed by atoms with Crippen molar-refractivity contribution in [2.45, 2.75) is 19.8 Å². The molecule has 0 radical (unpaired) electrons. The molecule has 7 nitrogen and oxygen atoms in total. The largest absolute Gasteiger partial charge is 0.378 e. The number of nitrogens with zero attached hydrogens (tertiary/aromatic N) is 1. The highest BCUT2D eigenvalue weighted by Crippen LogP contribution is 2.15. The summed E-state index contributed by atoms with van der Waals surface area (Å²) in [7, 11) is 3.98. The molecule has 2 aromatic rings. The van der Waals surface area contributed by atoms with Crippen LogP contribution in [-0.2, 0) is 20.8 Å². The van der Waals surface area contributed by atoms with Crippen LogP contribution in [0.2, 0.25) is 0 Å². The number of anilines is 3. The molecule has 0 aliphatic heterocycles. The lowest BCUT2D eigenvalue weighted by Crippen LogP contribution is -2.36. The first-order chi connectivity index (χ1) is 13.3. The maximum atomic E-state index is 12.0. The van der Waals surface area contributed by atoms with Crippen LogP contribution in [0.25, 0.3) is 0 Å². The minimum Gasteiger partial charge on any atom is -0.378 e. The molecule has 0 saturated heterocycles. The van der Waals surface area contributed by atoms with Gasteiger partial charge in [-0.1, -0.05) is 18.2 Å². The van der Waals surface area contributed by atoms with Crippen LogP contribution < -0.4 is 20.9 Å². The Morgan fingerprint density at radius 1 is 0.893 bits per heavy atom.